The lowest BCUT2D eigenvalue weighted by atomic mass is 9.96. The van der Waals surface area contributed by atoms with E-state index in [1.54, 1.807) is 0 Å². The zero-order valence-corrected chi connectivity index (χ0v) is 33.9. The first-order valence-electron chi connectivity index (χ1n) is 21.2. The maximum Gasteiger partial charge on any atom is 0.238 e. The minimum atomic E-state index is 0.540. The van der Waals surface area contributed by atoms with Gasteiger partial charge in [-0.15, -0.1) is 0 Å². The summed E-state index contributed by atoms with van der Waals surface area (Å²) in [6, 6.07) is 74.3. The van der Waals surface area contributed by atoms with Gasteiger partial charge in [0.15, 0.2) is 11.6 Å². The number of para-hydroxylation sites is 4. The van der Waals surface area contributed by atoms with Gasteiger partial charge in [-0.2, -0.15) is 9.97 Å². The Balaban J connectivity index is 1.09. The normalized spacial score (nSPS) is 11.8. The summed E-state index contributed by atoms with van der Waals surface area (Å²) >= 11 is 0. The van der Waals surface area contributed by atoms with E-state index in [9.17, 15) is 0 Å². The first-order chi connectivity index (χ1) is 31.3. The highest BCUT2D eigenvalue weighted by molar-refractivity contribution is 6.16. The van der Waals surface area contributed by atoms with Crippen molar-refractivity contribution in [3.05, 3.63) is 212 Å². The third-order valence-electron chi connectivity index (χ3n) is 12.4. The number of nitrogens with zero attached hydrogens (tertiary/aromatic N) is 5. The van der Waals surface area contributed by atoms with E-state index in [-0.39, 0.29) is 0 Å². The van der Waals surface area contributed by atoms with Gasteiger partial charge in [0.05, 0.1) is 22.1 Å². The lowest BCUT2D eigenvalue weighted by Gasteiger charge is -2.15. The average molecular weight is 806 g/mol. The van der Waals surface area contributed by atoms with Gasteiger partial charge in [0.1, 0.15) is 11.2 Å². The Morgan fingerprint density at radius 3 is 1.60 bits per heavy atom. The van der Waals surface area contributed by atoms with E-state index in [1.165, 1.54) is 10.8 Å². The highest BCUT2D eigenvalue weighted by Crippen LogP contribution is 2.44. The molecule has 0 aliphatic carbocycles. The first kappa shape index (κ1) is 35.2. The SMILES string of the molecule is c1ccc(-c2nc(-c3ccccc3-c3cc(-n4c5ccccc5c5ccccc54)cc4c3oc3ccccc34)nc(-n3c4ccccc4c4c(-c5ccccc5)cccc43)n2)cc1. The van der Waals surface area contributed by atoms with E-state index in [0.29, 0.717) is 17.6 Å². The van der Waals surface area contributed by atoms with Crippen molar-refractivity contribution in [2.24, 2.45) is 0 Å². The Morgan fingerprint density at radius 2 is 0.873 bits per heavy atom. The maximum atomic E-state index is 6.83. The topological polar surface area (TPSA) is 61.7 Å². The molecule has 0 saturated heterocycles. The van der Waals surface area contributed by atoms with Gasteiger partial charge in [-0.25, -0.2) is 4.98 Å². The van der Waals surface area contributed by atoms with Crippen LogP contribution in [0.3, 0.4) is 0 Å². The Labute approximate surface area is 361 Å². The van der Waals surface area contributed by atoms with E-state index in [4.69, 9.17) is 19.4 Å². The monoisotopic (exact) mass is 805 g/mol. The van der Waals surface area contributed by atoms with Gasteiger partial charge in [0, 0.05) is 54.7 Å². The van der Waals surface area contributed by atoms with Gasteiger partial charge >= 0.3 is 0 Å². The summed E-state index contributed by atoms with van der Waals surface area (Å²) in [6.45, 7) is 0. The summed E-state index contributed by atoms with van der Waals surface area (Å²) in [7, 11) is 0. The summed E-state index contributed by atoms with van der Waals surface area (Å²) in [5, 5.41) is 6.79. The fourth-order valence-electron chi connectivity index (χ4n) is 9.65. The fourth-order valence-corrected chi connectivity index (χ4v) is 9.65. The lowest BCUT2D eigenvalue weighted by Crippen LogP contribution is -2.07. The molecule has 6 heteroatoms. The van der Waals surface area contributed by atoms with Gasteiger partial charge in [0.2, 0.25) is 5.95 Å². The molecule has 9 aromatic carbocycles. The Hall–Kier alpha value is -8.61. The lowest BCUT2D eigenvalue weighted by molar-refractivity contribution is 0.670. The van der Waals surface area contributed by atoms with Crippen LogP contribution in [-0.2, 0) is 0 Å². The van der Waals surface area contributed by atoms with E-state index in [2.05, 4.69) is 191 Å². The number of aromatic nitrogens is 5. The molecule has 63 heavy (non-hydrogen) atoms. The maximum absolute atomic E-state index is 6.83. The minimum Gasteiger partial charge on any atom is -0.455 e. The number of benzene rings is 9. The van der Waals surface area contributed by atoms with Gasteiger partial charge in [-0.1, -0.05) is 170 Å². The van der Waals surface area contributed by atoms with Crippen molar-refractivity contribution in [3.63, 3.8) is 0 Å². The number of furan rings is 1. The van der Waals surface area contributed by atoms with Crippen LogP contribution in [0.1, 0.15) is 0 Å². The third-order valence-corrected chi connectivity index (χ3v) is 12.4. The molecule has 4 aromatic heterocycles. The molecule has 0 bridgehead atoms. The third kappa shape index (κ3) is 5.48. The second-order valence-corrected chi connectivity index (χ2v) is 16.0. The van der Waals surface area contributed by atoms with Crippen molar-refractivity contribution in [2.45, 2.75) is 0 Å². The minimum absolute atomic E-state index is 0.540. The molecular weight excluding hydrogens is 771 g/mol. The van der Waals surface area contributed by atoms with Crippen molar-refractivity contribution < 1.29 is 4.42 Å². The van der Waals surface area contributed by atoms with Crippen molar-refractivity contribution in [1.82, 2.24) is 24.1 Å². The van der Waals surface area contributed by atoms with Crippen LogP contribution >= 0.6 is 0 Å². The molecule has 13 rings (SSSR count). The molecule has 0 spiro atoms. The van der Waals surface area contributed by atoms with Crippen LogP contribution in [0.25, 0.3) is 122 Å². The van der Waals surface area contributed by atoms with Gasteiger partial charge in [0.25, 0.3) is 0 Å². The van der Waals surface area contributed by atoms with Gasteiger partial charge < -0.3 is 8.98 Å². The zero-order valence-electron chi connectivity index (χ0n) is 33.9. The second kappa shape index (κ2) is 14.0. The molecule has 0 N–H and O–H groups in total. The molecule has 0 unspecified atom stereocenters. The predicted molar refractivity (Wildman–Crippen MR) is 258 cm³/mol. The molecule has 4 heterocycles. The summed E-state index contributed by atoms with van der Waals surface area (Å²) in [5.74, 6) is 1.69. The highest BCUT2D eigenvalue weighted by Gasteiger charge is 2.24. The van der Waals surface area contributed by atoms with Crippen LogP contribution in [-0.4, -0.2) is 24.1 Å². The predicted octanol–water partition coefficient (Wildman–Crippen LogP) is 14.6. The molecule has 0 aliphatic heterocycles. The van der Waals surface area contributed by atoms with Crippen molar-refractivity contribution in [3.8, 4) is 56.7 Å². The smallest absolute Gasteiger partial charge is 0.238 e. The second-order valence-electron chi connectivity index (χ2n) is 16.0. The first-order valence-corrected chi connectivity index (χ1v) is 21.2. The van der Waals surface area contributed by atoms with Crippen LogP contribution in [0.2, 0.25) is 0 Å². The molecular formula is C57H35N5O. The molecule has 0 aliphatic rings. The van der Waals surface area contributed by atoms with E-state index >= 15 is 0 Å². The van der Waals surface area contributed by atoms with Crippen molar-refractivity contribution in [2.75, 3.05) is 0 Å². The van der Waals surface area contributed by atoms with Crippen LogP contribution in [0.4, 0.5) is 0 Å². The van der Waals surface area contributed by atoms with Crippen LogP contribution < -0.4 is 0 Å². The number of fused-ring (bicyclic) bond motifs is 9. The van der Waals surface area contributed by atoms with Crippen molar-refractivity contribution >= 4 is 65.6 Å². The Bertz CT molecular complexity index is 3860. The quantitative estimate of drug-likeness (QED) is 0.168. The summed E-state index contributed by atoms with van der Waals surface area (Å²) in [5.41, 5.74) is 13.0. The zero-order chi connectivity index (χ0) is 41.4. The van der Waals surface area contributed by atoms with Crippen LogP contribution in [0.15, 0.2) is 217 Å². The van der Waals surface area contributed by atoms with Gasteiger partial charge in [-0.05, 0) is 59.2 Å². The molecule has 0 radical (unpaired) electrons. The number of hydrogen-bond acceptors (Lipinski definition) is 4. The highest BCUT2D eigenvalue weighted by atomic mass is 16.3. The van der Waals surface area contributed by atoms with Crippen LogP contribution in [0.5, 0.6) is 0 Å². The summed E-state index contributed by atoms with van der Waals surface area (Å²) < 4.78 is 11.4. The molecule has 294 valence electrons. The number of rotatable bonds is 6. The van der Waals surface area contributed by atoms with Crippen molar-refractivity contribution in [1.29, 1.82) is 0 Å². The standard InChI is InChI=1S/C57H35N5O/c1-3-18-36(19-4-1)39-28-17-32-51-53(39)45-27-11-15-31-50(45)62(51)57-59-55(37-20-5-2-6-21-37)58-56(60-57)44-26-8-7-22-40(44)46-34-38(35-47-43-25-12-16-33-52(43)63-54(46)47)61-48-29-13-9-23-41(48)42-24-10-14-30-49(42)61/h1-35H. The summed E-state index contributed by atoms with van der Waals surface area (Å²) in [4.78, 5) is 16.0. The van der Waals surface area contributed by atoms with Crippen LogP contribution in [0, 0.1) is 0 Å². The van der Waals surface area contributed by atoms with E-state index in [1.807, 2.05) is 30.3 Å². The molecule has 0 atom stereocenters. The van der Waals surface area contributed by atoms with Gasteiger partial charge in [-0.3, -0.25) is 4.57 Å². The largest absolute Gasteiger partial charge is 0.455 e. The molecule has 0 amide bonds. The number of hydrogen-bond donors (Lipinski definition) is 0. The van der Waals surface area contributed by atoms with E-state index in [0.717, 1.165) is 93.8 Å². The Morgan fingerprint density at radius 1 is 0.333 bits per heavy atom. The average Bonchev–Trinajstić information content (AvgIpc) is 4.02. The molecule has 0 saturated carbocycles. The fraction of sp³-hybridized carbons (Fsp3) is 0. The molecule has 13 aromatic rings. The summed E-state index contributed by atoms with van der Waals surface area (Å²) in [6.07, 6.45) is 0. The molecule has 0 fully saturated rings. The van der Waals surface area contributed by atoms with E-state index < -0.39 is 0 Å². The Kier molecular flexibility index (Phi) is 7.80. The molecule has 6 nitrogen and oxygen atoms in total.